The highest BCUT2D eigenvalue weighted by Gasteiger charge is 2.04. The summed E-state index contributed by atoms with van der Waals surface area (Å²) in [5, 5.41) is 3.64. The van der Waals surface area contributed by atoms with Crippen molar-refractivity contribution in [3.05, 3.63) is 29.8 Å². The summed E-state index contributed by atoms with van der Waals surface area (Å²) in [4.78, 5) is 0. The summed E-state index contributed by atoms with van der Waals surface area (Å²) in [5.74, 6) is 0.931. The van der Waals surface area contributed by atoms with Crippen LogP contribution in [0.15, 0.2) is 24.3 Å². The lowest BCUT2D eigenvalue weighted by atomic mass is 10.2. The minimum atomic E-state index is -0.721. The van der Waals surface area contributed by atoms with Crippen LogP contribution in [0.2, 0.25) is 0 Å². The summed E-state index contributed by atoms with van der Waals surface area (Å²) < 4.78 is 16.7. The zero-order valence-electron chi connectivity index (χ0n) is 12.1. The van der Waals surface area contributed by atoms with E-state index in [1.54, 1.807) is 6.26 Å². The van der Waals surface area contributed by atoms with Gasteiger partial charge in [-0.15, -0.1) is 0 Å². The van der Waals surface area contributed by atoms with E-state index in [4.69, 9.17) is 4.74 Å². The smallest absolute Gasteiger partial charge is 0.119 e. The molecule has 0 radical (unpaired) electrons. The van der Waals surface area contributed by atoms with Gasteiger partial charge in [-0.2, -0.15) is 0 Å². The number of nitrogens with one attached hydrogen (secondary N) is 1. The molecule has 4 heteroatoms. The van der Waals surface area contributed by atoms with E-state index in [0.29, 0.717) is 0 Å². The van der Waals surface area contributed by atoms with Gasteiger partial charge in [-0.25, -0.2) is 0 Å². The molecule has 108 valence electrons. The van der Waals surface area contributed by atoms with Gasteiger partial charge in [0.15, 0.2) is 0 Å². The van der Waals surface area contributed by atoms with E-state index >= 15 is 0 Å². The quantitative estimate of drug-likeness (QED) is 0.708. The van der Waals surface area contributed by atoms with Crippen LogP contribution in [0.25, 0.3) is 0 Å². The topological polar surface area (TPSA) is 38.3 Å². The Labute approximate surface area is 119 Å². The highest BCUT2D eigenvalue weighted by Crippen LogP contribution is 2.12. The SMILES string of the molecule is CCCOc1ccc(CNCCC(C)S(C)=O)cc1. The average molecular weight is 283 g/mol. The predicted molar refractivity (Wildman–Crippen MR) is 82.1 cm³/mol. The molecule has 0 aliphatic carbocycles. The Balaban J connectivity index is 2.24. The fourth-order valence-corrected chi connectivity index (χ4v) is 2.08. The molecule has 1 N–H and O–H groups in total. The van der Waals surface area contributed by atoms with Gasteiger partial charge in [-0.3, -0.25) is 4.21 Å². The molecule has 3 nitrogen and oxygen atoms in total. The zero-order chi connectivity index (χ0) is 14.1. The number of hydrogen-bond acceptors (Lipinski definition) is 3. The van der Waals surface area contributed by atoms with Crippen molar-refractivity contribution in [3.8, 4) is 5.75 Å². The molecule has 0 saturated carbocycles. The molecule has 0 fully saturated rings. The molecule has 0 bridgehead atoms. The average Bonchev–Trinajstić information content (AvgIpc) is 2.42. The standard InChI is InChI=1S/C15H25NO2S/c1-4-11-18-15-7-5-14(6-8-15)12-16-10-9-13(2)19(3)17/h5-8,13,16H,4,9-12H2,1-3H3. The highest BCUT2D eigenvalue weighted by atomic mass is 32.2. The van der Waals surface area contributed by atoms with E-state index in [1.807, 2.05) is 19.1 Å². The third kappa shape index (κ3) is 6.73. The van der Waals surface area contributed by atoms with Crippen molar-refractivity contribution >= 4 is 10.8 Å². The van der Waals surface area contributed by atoms with E-state index in [0.717, 1.165) is 38.3 Å². The lowest BCUT2D eigenvalue weighted by Gasteiger charge is -2.10. The van der Waals surface area contributed by atoms with Crippen molar-refractivity contribution in [2.45, 2.75) is 38.5 Å². The minimum Gasteiger partial charge on any atom is -0.494 e. The van der Waals surface area contributed by atoms with E-state index in [2.05, 4.69) is 24.4 Å². The van der Waals surface area contributed by atoms with Gasteiger partial charge < -0.3 is 10.1 Å². The molecule has 2 atom stereocenters. The van der Waals surface area contributed by atoms with Crippen LogP contribution in [-0.4, -0.2) is 28.9 Å². The molecule has 2 unspecified atom stereocenters. The maximum absolute atomic E-state index is 11.2. The van der Waals surface area contributed by atoms with Gasteiger partial charge in [-0.1, -0.05) is 26.0 Å². The van der Waals surface area contributed by atoms with Crippen LogP contribution in [0, 0.1) is 0 Å². The van der Waals surface area contributed by atoms with Gasteiger partial charge in [0.25, 0.3) is 0 Å². The van der Waals surface area contributed by atoms with E-state index < -0.39 is 10.8 Å². The van der Waals surface area contributed by atoms with E-state index in [1.165, 1.54) is 5.56 Å². The third-order valence-electron chi connectivity index (χ3n) is 3.02. The lowest BCUT2D eigenvalue weighted by Crippen LogP contribution is -2.20. The van der Waals surface area contributed by atoms with Crippen molar-refractivity contribution in [1.82, 2.24) is 5.32 Å². The van der Waals surface area contributed by atoms with Crippen LogP contribution >= 0.6 is 0 Å². The molecule has 1 rings (SSSR count). The third-order valence-corrected chi connectivity index (χ3v) is 4.39. The molecule has 19 heavy (non-hydrogen) atoms. The number of ether oxygens (including phenoxy) is 1. The predicted octanol–water partition coefficient (Wildman–Crippen LogP) is 2.72. The molecule has 0 aliphatic rings. The van der Waals surface area contributed by atoms with Crippen LogP contribution in [0.5, 0.6) is 5.75 Å². The van der Waals surface area contributed by atoms with Crippen molar-refractivity contribution in [3.63, 3.8) is 0 Å². The van der Waals surface area contributed by atoms with Gasteiger partial charge in [0, 0.05) is 28.9 Å². The van der Waals surface area contributed by atoms with Gasteiger partial charge in [0.1, 0.15) is 5.75 Å². The molecule has 1 aromatic rings. The Hall–Kier alpha value is -0.870. The maximum atomic E-state index is 11.2. The van der Waals surface area contributed by atoms with Gasteiger partial charge in [0.2, 0.25) is 0 Å². The fourth-order valence-electron chi connectivity index (χ4n) is 1.63. The summed E-state index contributed by atoms with van der Waals surface area (Å²) >= 11 is 0. The van der Waals surface area contributed by atoms with Crippen LogP contribution in [0.1, 0.15) is 32.3 Å². The second-order valence-electron chi connectivity index (χ2n) is 4.77. The molecule has 0 spiro atoms. The second-order valence-corrected chi connectivity index (χ2v) is 6.57. The summed E-state index contributed by atoms with van der Waals surface area (Å²) in [6.07, 6.45) is 3.74. The van der Waals surface area contributed by atoms with Gasteiger partial charge in [-0.05, 0) is 37.1 Å². The molecule has 1 aromatic carbocycles. The lowest BCUT2D eigenvalue weighted by molar-refractivity contribution is 0.317. The molecule has 0 aromatic heterocycles. The Bertz CT molecular complexity index is 378. The van der Waals surface area contributed by atoms with Crippen LogP contribution in [-0.2, 0) is 17.3 Å². The van der Waals surface area contributed by atoms with Crippen LogP contribution < -0.4 is 10.1 Å². The Morgan fingerprint density at radius 3 is 2.58 bits per heavy atom. The number of benzene rings is 1. The molecular formula is C15H25NO2S. The maximum Gasteiger partial charge on any atom is 0.119 e. The Kier molecular flexibility index (Phi) is 7.75. The van der Waals surface area contributed by atoms with Crippen molar-refractivity contribution in [2.75, 3.05) is 19.4 Å². The summed E-state index contributed by atoms with van der Waals surface area (Å²) in [6.45, 7) is 6.63. The van der Waals surface area contributed by atoms with Gasteiger partial charge >= 0.3 is 0 Å². The van der Waals surface area contributed by atoms with E-state index in [9.17, 15) is 4.21 Å². The monoisotopic (exact) mass is 283 g/mol. The number of hydrogen-bond donors (Lipinski definition) is 1. The molecule has 0 aliphatic heterocycles. The highest BCUT2D eigenvalue weighted by molar-refractivity contribution is 7.84. The first-order valence-electron chi connectivity index (χ1n) is 6.88. The van der Waals surface area contributed by atoms with Crippen LogP contribution in [0.4, 0.5) is 0 Å². The fraction of sp³-hybridized carbons (Fsp3) is 0.600. The van der Waals surface area contributed by atoms with Crippen molar-refractivity contribution in [2.24, 2.45) is 0 Å². The normalized spacial score (nSPS) is 14.1. The van der Waals surface area contributed by atoms with E-state index in [-0.39, 0.29) is 5.25 Å². The first kappa shape index (κ1) is 16.2. The van der Waals surface area contributed by atoms with Crippen molar-refractivity contribution < 1.29 is 8.95 Å². The Morgan fingerprint density at radius 1 is 1.32 bits per heavy atom. The summed E-state index contributed by atoms with van der Waals surface area (Å²) in [5.41, 5.74) is 1.24. The first-order valence-corrected chi connectivity index (χ1v) is 8.50. The molecule has 0 heterocycles. The van der Waals surface area contributed by atoms with Gasteiger partial charge in [0.05, 0.1) is 6.61 Å². The second kappa shape index (κ2) is 9.10. The minimum absolute atomic E-state index is 0.261. The van der Waals surface area contributed by atoms with Crippen LogP contribution in [0.3, 0.4) is 0 Å². The molecule has 0 saturated heterocycles. The zero-order valence-corrected chi connectivity index (χ0v) is 13.0. The van der Waals surface area contributed by atoms with Crippen molar-refractivity contribution in [1.29, 1.82) is 0 Å². The summed E-state index contributed by atoms with van der Waals surface area (Å²) in [6, 6.07) is 8.19. The molecular weight excluding hydrogens is 258 g/mol. The number of rotatable bonds is 9. The first-order chi connectivity index (χ1) is 9.13. The molecule has 0 amide bonds. The summed E-state index contributed by atoms with van der Waals surface area (Å²) in [7, 11) is -0.721. The largest absolute Gasteiger partial charge is 0.494 e. The Morgan fingerprint density at radius 2 is 2.00 bits per heavy atom.